The Morgan fingerprint density at radius 1 is 1.11 bits per heavy atom. The van der Waals surface area contributed by atoms with Gasteiger partial charge in [-0.25, -0.2) is 0 Å². The molecule has 0 rings (SSSR count). The topological polar surface area (TPSA) is 92.3 Å². The summed E-state index contributed by atoms with van der Waals surface area (Å²) in [6.45, 7) is 4.57. The standard InChI is InChI=1S/C12H20N2O4/c1-4-10(16)5-6-11(17)14-9(3)12(18)13-7-8(2)15/h9H,4-7H2,1-3H3,(H,13,18)(H,14,17)/t9-/m0/s1. The first-order valence-corrected chi connectivity index (χ1v) is 5.95. The second-order valence-corrected chi connectivity index (χ2v) is 4.10. The van der Waals surface area contributed by atoms with Crippen LogP contribution in [-0.4, -0.2) is 36.0 Å². The van der Waals surface area contributed by atoms with Crippen LogP contribution in [0.4, 0.5) is 0 Å². The SMILES string of the molecule is CCC(=O)CCC(=O)N[C@@H](C)C(=O)NCC(C)=O. The van der Waals surface area contributed by atoms with E-state index < -0.39 is 11.9 Å². The van der Waals surface area contributed by atoms with E-state index in [1.54, 1.807) is 6.92 Å². The van der Waals surface area contributed by atoms with Crippen LogP contribution in [0.1, 0.15) is 40.0 Å². The van der Waals surface area contributed by atoms with E-state index in [1.807, 2.05) is 0 Å². The van der Waals surface area contributed by atoms with Crippen LogP contribution >= 0.6 is 0 Å². The molecule has 0 unspecified atom stereocenters. The molecule has 0 aliphatic heterocycles. The van der Waals surface area contributed by atoms with E-state index in [1.165, 1.54) is 13.8 Å². The Hall–Kier alpha value is -1.72. The van der Waals surface area contributed by atoms with Gasteiger partial charge in [-0.2, -0.15) is 0 Å². The van der Waals surface area contributed by atoms with Crippen LogP contribution in [0.5, 0.6) is 0 Å². The third-order valence-corrected chi connectivity index (χ3v) is 2.31. The summed E-state index contributed by atoms with van der Waals surface area (Å²) >= 11 is 0. The van der Waals surface area contributed by atoms with Crippen molar-refractivity contribution in [2.75, 3.05) is 6.54 Å². The maximum atomic E-state index is 11.4. The molecule has 2 amide bonds. The predicted molar refractivity (Wildman–Crippen MR) is 65.8 cm³/mol. The molecule has 102 valence electrons. The molecule has 0 aliphatic rings. The molecule has 0 fully saturated rings. The van der Waals surface area contributed by atoms with Gasteiger partial charge in [-0.1, -0.05) is 6.92 Å². The van der Waals surface area contributed by atoms with Gasteiger partial charge in [0, 0.05) is 19.3 Å². The summed E-state index contributed by atoms with van der Waals surface area (Å²) in [5.74, 6) is -0.906. The zero-order valence-electron chi connectivity index (χ0n) is 11.0. The number of ketones is 2. The average molecular weight is 256 g/mol. The summed E-state index contributed by atoms with van der Waals surface area (Å²) in [7, 11) is 0. The van der Waals surface area contributed by atoms with Gasteiger partial charge in [0.15, 0.2) is 0 Å². The second-order valence-electron chi connectivity index (χ2n) is 4.10. The van der Waals surface area contributed by atoms with Crippen LogP contribution in [0.2, 0.25) is 0 Å². The highest BCUT2D eigenvalue weighted by molar-refractivity contribution is 5.91. The molecule has 18 heavy (non-hydrogen) atoms. The van der Waals surface area contributed by atoms with Crippen LogP contribution in [0.3, 0.4) is 0 Å². The zero-order valence-corrected chi connectivity index (χ0v) is 11.0. The molecular formula is C12H20N2O4. The molecule has 0 spiro atoms. The number of rotatable bonds is 8. The third kappa shape index (κ3) is 7.54. The molecule has 0 aliphatic carbocycles. The lowest BCUT2D eigenvalue weighted by Crippen LogP contribution is -2.45. The maximum absolute atomic E-state index is 11.4. The maximum Gasteiger partial charge on any atom is 0.242 e. The first-order chi connectivity index (χ1) is 8.36. The van der Waals surface area contributed by atoms with Crippen molar-refractivity contribution in [3.63, 3.8) is 0 Å². The van der Waals surface area contributed by atoms with Crippen molar-refractivity contribution in [1.82, 2.24) is 10.6 Å². The van der Waals surface area contributed by atoms with E-state index in [2.05, 4.69) is 10.6 Å². The molecule has 6 heteroatoms. The second kappa shape index (κ2) is 8.38. The highest BCUT2D eigenvalue weighted by Gasteiger charge is 2.15. The molecule has 0 saturated heterocycles. The number of carbonyl (C=O) groups is 4. The monoisotopic (exact) mass is 256 g/mol. The average Bonchev–Trinajstić information content (AvgIpc) is 2.32. The minimum Gasteiger partial charge on any atom is -0.347 e. The smallest absolute Gasteiger partial charge is 0.242 e. The number of carbonyl (C=O) groups excluding carboxylic acids is 4. The van der Waals surface area contributed by atoms with Gasteiger partial charge in [-0.3, -0.25) is 19.2 Å². The number of hydrogen-bond acceptors (Lipinski definition) is 4. The molecule has 0 heterocycles. The van der Waals surface area contributed by atoms with E-state index in [0.29, 0.717) is 6.42 Å². The lowest BCUT2D eigenvalue weighted by Gasteiger charge is -2.13. The van der Waals surface area contributed by atoms with E-state index in [4.69, 9.17) is 0 Å². The molecule has 0 aromatic carbocycles. The molecule has 0 aromatic rings. The van der Waals surface area contributed by atoms with Crippen molar-refractivity contribution in [2.45, 2.75) is 46.1 Å². The van der Waals surface area contributed by atoms with Crippen LogP contribution in [0, 0.1) is 0 Å². The molecule has 6 nitrogen and oxygen atoms in total. The van der Waals surface area contributed by atoms with E-state index >= 15 is 0 Å². The van der Waals surface area contributed by atoms with Crippen molar-refractivity contribution in [3.8, 4) is 0 Å². The summed E-state index contributed by atoms with van der Waals surface area (Å²) in [6, 6.07) is -0.714. The normalized spacial score (nSPS) is 11.5. The van der Waals surface area contributed by atoms with E-state index in [9.17, 15) is 19.2 Å². The Balaban J connectivity index is 3.95. The Bertz CT molecular complexity index is 339. The molecular weight excluding hydrogens is 236 g/mol. The van der Waals surface area contributed by atoms with E-state index in [0.717, 1.165) is 0 Å². The Kier molecular flexibility index (Phi) is 7.58. The van der Waals surface area contributed by atoms with Crippen molar-refractivity contribution in [3.05, 3.63) is 0 Å². The highest BCUT2D eigenvalue weighted by atomic mass is 16.2. The number of Topliss-reactive ketones (excluding diaryl/α,β-unsaturated/α-hetero) is 2. The quantitative estimate of drug-likeness (QED) is 0.637. The fraction of sp³-hybridized carbons (Fsp3) is 0.667. The molecule has 0 aromatic heterocycles. The van der Waals surface area contributed by atoms with Crippen molar-refractivity contribution in [2.24, 2.45) is 0 Å². The minimum absolute atomic E-state index is 0.0128. The van der Waals surface area contributed by atoms with Gasteiger partial charge >= 0.3 is 0 Å². The van der Waals surface area contributed by atoms with Gasteiger partial charge in [0.25, 0.3) is 0 Å². The van der Waals surface area contributed by atoms with Gasteiger partial charge in [-0.15, -0.1) is 0 Å². The van der Waals surface area contributed by atoms with Gasteiger partial charge in [-0.05, 0) is 13.8 Å². The fourth-order valence-corrected chi connectivity index (χ4v) is 1.17. The fourth-order valence-electron chi connectivity index (χ4n) is 1.17. The number of hydrogen-bond donors (Lipinski definition) is 2. The molecule has 1 atom stereocenters. The summed E-state index contributed by atoms with van der Waals surface area (Å²) < 4.78 is 0. The van der Waals surface area contributed by atoms with Gasteiger partial charge < -0.3 is 10.6 Å². The molecule has 0 saturated carbocycles. The summed E-state index contributed by atoms with van der Waals surface area (Å²) in [6.07, 6.45) is 0.670. The van der Waals surface area contributed by atoms with E-state index in [-0.39, 0.29) is 36.9 Å². The van der Waals surface area contributed by atoms with Crippen LogP contribution < -0.4 is 10.6 Å². The Labute approximate surface area is 106 Å². The van der Waals surface area contributed by atoms with Gasteiger partial charge in [0.05, 0.1) is 6.54 Å². The summed E-state index contributed by atoms with van der Waals surface area (Å²) in [5, 5.41) is 4.86. The lowest BCUT2D eigenvalue weighted by molar-refractivity contribution is -0.130. The zero-order chi connectivity index (χ0) is 14.1. The van der Waals surface area contributed by atoms with Crippen LogP contribution in [0.25, 0.3) is 0 Å². The number of nitrogens with one attached hydrogen (secondary N) is 2. The number of amides is 2. The first kappa shape index (κ1) is 16.3. The van der Waals surface area contributed by atoms with Gasteiger partial charge in [0.1, 0.15) is 17.6 Å². The molecule has 0 bridgehead atoms. The molecule has 0 radical (unpaired) electrons. The predicted octanol–water partition coefficient (Wildman–Crippen LogP) is -0.0444. The van der Waals surface area contributed by atoms with Crippen molar-refractivity contribution >= 4 is 23.4 Å². The lowest BCUT2D eigenvalue weighted by atomic mass is 10.1. The third-order valence-electron chi connectivity index (χ3n) is 2.31. The van der Waals surface area contributed by atoms with Crippen molar-refractivity contribution < 1.29 is 19.2 Å². The minimum atomic E-state index is -0.714. The Morgan fingerprint density at radius 3 is 2.22 bits per heavy atom. The highest BCUT2D eigenvalue weighted by Crippen LogP contribution is 1.95. The van der Waals surface area contributed by atoms with Crippen LogP contribution in [-0.2, 0) is 19.2 Å². The largest absolute Gasteiger partial charge is 0.347 e. The van der Waals surface area contributed by atoms with Crippen molar-refractivity contribution in [1.29, 1.82) is 0 Å². The Morgan fingerprint density at radius 2 is 1.72 bits per heavy atom. The molecule has 2 N–H and O–H groups in total. The summed E-state index contributed by atoms with van der Waals surface area (Å²) in [4.78, 5) is 44.5. The van der Waals surface area contributed by atoms with Gasteiger partial charge in [0.2, 0.25) is 11.8 Å². The summed E-state index contributed by atoms with van der Waals surface area (Å²) in [5.41, 5.74) is 0. The van der Waals surface area contributed by atoms with Crippen LogP contribution in [0.15, 0.2) is 0 Å². The first-order valence-electron chi connectivity index (χ1n) is 5.95.